The van der Waals surface area contributed by atoms with Crippen LogP contribution in [0, 0.1) is 0 Å². The number of hydrogen-bond acceptors (Lipinski definition) is 2. The van der Waals surface area contributed by atoms with E-state index < -0.39 is 0 Å². The Morgan fingerprint density at radius 1 is 1.50 bits per heavy atom. The summed E-state index contributed by atoms with van der Waals surface area (Å²) >= 11 is 9.56. The second-order valence-corrected chi connectivity index (χ2v) is 4.86. The summed E-state index contributed by atoms with van der Waals surface area (Å²) in [6.45, 7) is 6.42. The van der Waals surface area contributed by atoms with Crippen LogP contribution in [0.1, 0.15) is 25.5 Å². The van der Waals surface area contributed by atoms with E-state index in [9.17, 15) is 0 Å². The zero-order chi connectivity index (χ0) is 12.0. The number of hydrogen-bond donors (Lipinski definition) is 1. The maximum absolute atomic E-state index is 6.16. The molecule has 0 heterocycles. The summed E-state index contributed by atoms with van der Waals surface area (Å²) in [6.07, 6.45) is 0. The molecule has 1 aromatic rings. The summed E-state index contributed by atoms with van der Waals surface area (Å²) in [7, 11) is 0. The van der Waals surface area contributed by atoms with Crippen LogP contribution in [0.5, 0.6) is 0 Å². The quantitative estimate of drug-likeness (QED) is 0.807. The van der Waals surface area contributed by atoms with Crippen LogP contribution in [-0.2, 0) is 4.74 Å². The Morgan fingerprint density at radius 3 is 2.88 bits per heavy atom. The van der Waals surface area contributed by atoms with Crippen molar-refractivity contribution in [1.82, 2.24) is 5.32 Å². The highest BCUT2D eigenvalue weighted by molar-refractivity contribution is 9.10. The highest BCUT2D eigenvalue weighted by Crippen LogP contribution is 2.26. The summed E-state index contributed by atoms with van der Waals surface area (Å²) in [5.41, 5.74) is 1.11. The molecule has 90 valence electrons. The maximum Gasteiger partial charge on any atom is 0.0590 e. The first-order chi connectivity index (χ1) is 7.65. The van der Waals surface area contributed by atoms with Gasteiger partial charge in [-0.2, -0.15) is 0 Å². The van der Waals surface area contributed by atoms with Gasteiger partial charge in [-0.15, -0.1) is 0 Å². The van der Waals surface area contributed by atoms with Crippen LogP contribution in [0.3, 0.4) is 0 Å². The van der Waals surface area contributed by atoms with Crippen molar-refractivity contribution >= 4 is 27.5 Å². The molecular formula is C12H17BrClNO. The van der Waals surface area contributed by atoms with Crippen LogP contribution in [0.4, 0.5) is 0 Å². The SMILES string of the molecule is CCOCCNC(C)c1ccc(Br)cc1Cl. The predicted octanol–water partition coefficient (Wildman–Crippen LogP) is 3.79. The molecule has 0 amide bonds. The number of benzene rings is 1. The van der Waals surface area contributed by atoms with Crippen LogP contribution in [0.2, 0.25) is 5.02 Å². The molecule has 1 unspecified atom stereocenters. The van der Waals surface area contributed by atoms with Gasteiger partial charge in [0.25, 0.3) is 0 Å². The van der Waals surface area contributed by atoms with Crippen LogP contribution >= 0.6 is 27.5 Å². The second-order valence-electron chi connectivity index (χ2n) is 3.54. The summed E-state index contributed by atoms with van der Waals surface area (Å²) in [4.78, 5) is 0. The van der Waals surface area contributed by atoms with Gasteiger partial charge < -0.3 is 10.1 Å². The minimum atomic E-state index is 0.237. The van der Waals surface area contributed by atoms with Crippen molar-refractivity contribution in [3.63, 3.8) is 0 Å². The van der Waals surface area contributed by atoms with E-state index in [0.717, 1.165) is 34.8 Å². The van der Waals surface area contributed by atoms with Gasteiger partial charge in [-0.3, -0.25) is 0 Å². The molecule has 0 spiro atoms. The van der Waals surface area contributed by atoms with Gasteiger partial charge in [0.1, 0.15) is 0 Å². The average Bonchev–Trinajstić information content (AvgIpc) is 2.24. The summed E-state index contributed by atoms with van der Waals surface area (Å²) in [6, 6.07) is 6.19. The Labute approximate surface area is 110 Å². The van der Waals surface area contributed by atoms with Crippen molar-refractivity contribution in [2.75, 3.05) is 19.8 Å². The van der Waals surface area contributed by atoms with Crippen molar-refractivity contribution in [3.8, 4) is 0 Å². The maximum atomic E-state index is 6.16. The Morgan fingerprint density at radius 2 is 2.25 bits per heavy atom. The van der Waals surface area contributed by atoms with E-state index in [-0.39, 0.29) is 6.04 Å². The first kappa shape index (κ1) is 14.0. The largest absolute Gasteiger partial charge is 0.380 e. The monoisotopic (exact) mass is 305 g/mol. The zero-order valence-electron chi connectivity index (χ0n) is 9.59. The van der Waals surface area contributed by atoms with Crippen LogP contribution < -0.4 is 5.32 Å². The first-order valence-electron chi connectivity index (χ1n) is 5.41. The Balaban J connectivity index is 2.49. The molecule has 0 fully saturated rings. The highest BCUT2D eigenvalue weighted by atomic mass is 79.9. The van der Waals surface area contributed by atoms with E-state index in [1.54, 1.807) is 0 Å². The fourth-order valence-electron chi connectivity index (χ4n) is 1.45. The molecule has 1 rings (SSSR count). The molecule has 4 heteroatoms. The highest BCUT2D eigenvalue weighted by Gasteiger charge is 2.08. The van der Waals surface area contributed by atoms with Gasteiger partial charge in [0.2, 0.25) is 0 Å². The van der Waals surface area contributed by atoms with Crippen LogP contribution in [0.15, 0.2) is 22.7 Å². The molecule has 1 N–H and O–H groups in total. The fourth-order valence-corrected chi connectivity index (χ4v) is 2.29. The molecule has 0 aromatic heterocycles. The van der Waals surface area contributed by atoms with Gasteiger partial charge >= 0.3 is 0 Å². The average molecular weight is 307 g/mol. The third kappa shape index (κ3) is 4.42. The number of rotatable bonds is 6. The van der Waals surface area contributed by atoms with Gasteiger partial charge in [-0.1, -0.05) is 33.6 Å². The van der Waals surface area contributed by atoms with E-state index in [4.69, 9.17) is 16.3 Å². The van der Waals surface area contributed by atoms with E-state index in [0.29, 0.717) is 0 Å². The molecule has 1 aromatic carbocycles. The molecule has 0 saturated carbocycles. The lowest BCUT2D eigenvalue weighted by Crippen LogP contribution is -2.23. The predicted molar refractivity (Wildman–Crippen MR) is 72.1 cm³/mol. The molecule has 2 nitrogen and oxygen atoms in total. The fraction of sp³-hybridized carbons (Fsp3) is 0.500. The van der Waals surface area contributed by atoms with Crippen molar-refractivity contribution in [3.05, 3.63) is 33.3 Å². The van der Waals surface area contributed by atoms with Gasteiger partial charge in [-0.25, -0.2) is 0 Å². The molecule has 1 atom stereocenters. The Kier molecular flexibility index (Phi) is 6.36. The minimum absolute atomic E-state index is 0.237. The van der Waals surface area contributed by atoms with E-state index >= 15 is 0 Å². The van der Waals surface area contributed by atoms with Gasteiger partial charge in [-0.05, 0) is 31.5 Å². The smallest absolute Gasteiger partial charge is 0.0590 e. The lowest BCUT2D eigenvalue weighted by atomic mass is 10.1. The molecule has 0 aliphatic rings. The molecule has 0 aliphatic carbocycles. The van der Waals surface area contributed by atoms with Crippen molar-refractivity contribution in [1.29, 1.82) is 0 Å². The molecular weight excluding hydrogens is 289 g/mol. The van der Waals surface area contributed by atoms with Crippen LogP contribution in [0.25, 0.3) is 0 Å². The number of ether oxygens (including phenoxy) is 1. The van der Waals surface area contributed by atoms with Crippen LogP contribution in [-0.4, -0.2) is 19.8 Å². The summed E-state index contributed by atoms with van der Waals surface area (Å²) in [5, 5.41) is 4.15. The lowest BCUT2D eigenvalue weighted by molar-refractivity contribution is 0.147. The Bertz CT molecular complexity index is 333. The molecule has 0 saturated heterocycles. The topological polar surface area (TPSA) is 21.3 Å². The third-order valence-electron chi connectivity index (χ3n) is 2.33. The minimum Gasteiger partial charge on any atom is -0.380 e. The molecule has 0 bridgehead atoms. The standard InChI is InChI=1S/C12H17BrClNO/c1-3-16-7-6-15-9(2)11-5-4-10(13)8-12(11)14/h4-5,8-9,15H,3,6-7H2,1-2H3. The van der Waals surface area contributed by atoms with E-state index in [1.807, 2.05) is 25.1 Å². The molecule has 0 radical (unpaired) electrons. The zero-order valence-corrected chi connectivity index (χ0v) is 11.9. The molecule has 0 aliphatic heterocycles. The van der Waals surface area contributed by atoms with Crippen molar-refractivity contribution in [2.45, 2.75) is 19.9 Å². The lowest BCUT2D eigenvalue weighted by Gasteiger charge is -2.15. The van der Waals surface area contributed by atoms with Crippen molar-refractivity contribution in [2.24, 2.45) is 0 Å². The third-order valence-corrected chi connectivity index (χ3v) is 3.15. The second kappa shape index (κ2) is 7.28. The van der Waals surface area contributed by atoms with Gasteiger partial charge in [0.05, 0.1) is 6.61 Å². The summed E-state index contributed by atoms with van der Waals surface area (Å²) in [5.74, 6) is 0. The van der Waals surface area contributed by atoms with E-state index in [1.165, 1.54) is 0 Å². The summed E-state index contributed by atoms with van der Waals surface area (Å²) < 4.78 is 6.27. The van der Waals surface area contributed by atoms with Gasteiger partial charge in [0, 0.05) is 28.7 Å². The molecule has 16 heavy (non-hydrogen) atoms. The van der Waals surface area contributed by atoms with E-state index in [2.05, 4.69) is 28.2 Å². The van der Waals surface area contributed by atoms with Gasteiger partial charge in [0.15, 0.2) is 0 Å². The number of nitrogens with one attached hydrogen (secondary N) is 1. The normalized spacial score (nSPS) is 12.8. The van der Waals surface area contributed by atoms with Crippen molar-refractivity contribution < 1.29 is 4.74 Å². The first-order valence-corrected chi connectivity index (χ1v) is 6.58. The Hall–Kier alpha value is -0.0900. The number of halogens is 2.